The van der Waals surface area contributed by atoms with E-state index >= 15 is 0 Å². The smallest absolute Gasteiger partial charge is 0.264 e. The van der Waals surface area contributed by atoms with Crippen molar-refractivity contribution < 1.29 is 4.79 Å². The highest BCUT2D eigenvalue weighted by Gasteiger charge is 2.43. The number of pyridine rings is 1. The molecule has 3 aliphatic rings. The maximum atomic E-state index is 13.5. The van der Waals surface area contributed by atoms with Crippen LogP contribution in [0.1, 0.15) is 51.5 Å². The number of hydrogen-bond donors (Lipinski definition) is 2. The van der Waals surface area contributed by atoms with Gasteiger partial charge in [-0.25, -0.2) is 0 Å². The van der Waals surface area contributed by atoms with E-state index in [9.17, 15) is 9.59 Å². The number of hydrogen-bond acceptors (Lipinski definition) is 6. The highest BCUT2D eigenvalue weighted by molar-refractivity contribution is 5.97. The number of aromatic amines is 1. The van der Waals surface area contributed by atoms with Gasteiger partial charge in [-0.05, 0) is 50.4 Å². The molecule has 6 rings (SSSR count). The van der Waals surface area contributed by atoms with Gasteiger partial charge in [-0.15, -0.1) is 0 Å². The molecule has 1 atom stereocenters. The van der Waals surface area contributed by atoms with Crippen LogP contribution in [0.25, 0.3) is 22.2 Å². The third-order valence-corrected chi connectivity index (χ3v) is 8.14. The Kier molecular flexibility index (Phi) is 5.16. The van der Waals surface area contributed by atoms with E-state index in [2.05, 4.69) is 21.2 Å². The van der Waals surface area contributed by atoms with Crippen LogP contribution in [0.3, 0.4) is 0 Å². The molecule has 0 spiro atoms. The standard InChI is InChI=1S/C25H34N8O2/c1-14(34)30(2)12-17-5-4-10-32(17)20-11-19(29-31(20)3)18-13-33(23(15-6-7-15)16-8-9-16)25(35)21-22(18)27-28-24(21)26/h11,13,15-17,23H,4-10,12H2,1-3H3,(H3,26,27,28)/t17-/m1/s1. The number of amides is 1. The summed E-state index contributed by atoms with van der Waals surface area (Å²) in [6.07, 6.45) is 8.83. The predicted octanol–water partition coefficient (Wildman–Crippen LogP) is 2.52. The summed E-state index contributed by atoms with van der Waals surface area (Å²) in [4.78, 5) is 29.5. The number of nitrogens with two attached hydrogens (primary N) is 1. The number of nitrogens with one attached hydrogen (secondary N) is 1. The van der Waals surface area contributed by atoms with E-state index in [1.165, 1.54) is 25.7 Å². The molecule has 10 heteroatoms. The number of fused-ring (bicyclic) bond motifs is 1. The fourth-order valence-electron chi connectivity index (χ4n) is 5.92. The van der Waals surface area contributed by atoms with Gasteiger partial charge in [-0.2, -0.15) is 10.2 Å². The Balaban J connectivity index is 1.42. The fourth-order valence-corrected chi connectivity index (χ4v) is 5.92. The lowest BCUT2D eigenvalue weighted by atomic mass is 10.0. The van der Waals surface area contributed by atoms with Crippen LogP contribution in [0.5, 0.6) is 0 Å². The Bertz CT molecular complexity index is 1330. The molecule has 35 heavy (non-hydrogen) atoms. The molecular formula is C25H34N8O2. The summed E-state index contributed by atoms with van der Waals surface area (Å²) in [6.45, 7) is 3.22. The molecule has 3 N–H and O–H groups in total. The first-order valence-electron chi connectivity index (χ1n) is 12.7. The van der Waals surface area contributed by atoms with E-state index in [0.717, 1.165) is 36.5 Å². The van der Waals surface area contributed by atoms with Crippen molar-refractivity contribution in [3.8, 4) is 11.3 Å². The molecule has 1 aliphatic heterocycles. The van der Waals surface area contributed by atoms with Crippen molar-refractivity contribution in [3.63, 3.8) is 0 Å². The normalized spacial score (nSPS) is 20.3. The van der Waals surface area contributed by atoms with Gasteiger partial charge in [0.1, 0.15) is 11.2 Å². The lowest BCUT2D eigenvalue weighted by Gasteiger charge is -2.29. The van der Waals surface area contributed by atoms with Crippen molar-refractivity contribution in [2.45, 2.75) is 57.5 Å². The van der Waals surface area contributed by atoms with Crippen molar-refractivity contribution in [2.75, 3.05) is 30.8 Å². The SMILES string of the molecule is CC(=O)N(C)C[C@H]1CCCN1c1cc(-c2cn(C(C3CC3)C3CC3)c(=O)c3c(N)n[nH]c23)nn1C. The van der Waals surface area contributed by atoms with Crippen LogP contribution in [-0.4, -0.2) is 61.5 Å². The average Bonchev–Trinajstić information content (AvgIpc) is 3.72. The summed E-state index contributed by atoms with van der Waals surface area (Å²) in [7, 11) is 3.81. The first-order valence-corrected chi connectivity index (χ1v) is 12.7. The second-order valence-electron chi connectivity index (χ2n) is 10.7. The number of nitrogen functional groups attached to an aromatic ring is 1. The van der Waals surface area contributed by atoms with Crippen molar-refractivity contribution in [2.24, 2.45) is 18.9 Å². The molecule has 1 amide bonds. The molecule has 3 fully saturated rings. The number of aryl methyl sites for hydroxylation is 1. The molecule has 186 valence electrons. The second kappa shape index (κ2) is 8.13. The Labute approximate surface area is 204 Å². The maximum absolute atomic E-state index is 13.5. The number of carbonyl (C=O) groups excluding carboxylic acids is 1. The minimum atomic E-state index is -0.0539. The van der Waals surface area contributed by atoms with Crippen LogP contribution < -0.4 is 16.2 Å². The van der Waals surface area contributed by atoms with Crippen LogP contribution in [-0.2, 0) is 11.8 Å². The highest BCUT2D eigenvalue weighted by atomic mass is 16.2. The molecule has 0 radical (unpaired) electrons. The number of likely N-dealkylation sites (N-methyl/N-ethyl adjacent to an activating group) is 1. The van der Waals surface area contributed by atoms with Gasteiger partial charge in [-0.1, -0.05) is 0 Å². The van der Waals surface area contributed by atoms with E-state index in [1.807, 2.05) is 29.5 Å². The summed E-state index contributed by atoms with van der Waals surface area (Å²) in [5.41, 5.74) is 8.42. The van der Waals surface area contributed by atoms with Crippen LogP contribution in [0.2, 0.25) is 0 Å². The summed E-state index contributed by atoms with van der Waals surface area (Å²) >= 11 is 0. The van der Waals surface area contributed by atoms with Crippen molar-refractivity contribution in [3.05, 3.63) is 22.6 Å². The van der Waals surface area contributed by atoms with Gasteiger partial charge < -0.3 is 20.1 Å². The minimum absolute atomic E-state index is 0.0539. The molecule has 0 bridgehead atoms. The molecular weight excluding hydrogens is 444 g/mol. The zero-order valence-electron chi connectivity index (χ0n) is 20.7. The summed E-state index contributed by atoms with van der Waals surface area (Å²) < 4.78 is 3.84. The first-order chi connectivity index (χ1) is 16.8. The zero-order valence-corrected chi connectivity index (χ0v) is 20.7. The number of rotatable bonds is 7. The van der Waals surface area contributed by atoms with E-state index in [1.54, 1.807) is 11.8 Å². The van der Waals surface area contributed by atoms with E-state index in [-0.39, 0.29) is 29.4 Å². The Morgan fingerprint density at radius 1 is 1.26 bits per heavy atom. The number of carbonyl (C=O) groups is 1. The number of aromatic nitrogens is 5. The van der Waals surface area contributed by atoms with Gasteiger partial charge in [0.2, 0.25) is 5.91 Å². The Morgan fingerprint density at radius 3 is 2.63 bits per heavy atom. The van der Waals surface area contributed by atoms with Crippen LogP contribution >= 0.6 is 0 Å². The van der Waals surface area contributed by atoms with Gasteiger partial charge in [0.05, 0.1) is 11.2 Å². The third-order valence-electron chi connectivity index (χ3n) is 8.14. The molecule has 2 aliphatic carbocycles. The molecule has 1 saturated heterocycles. The first kappa shape index (κ1) is 22.2. The molecule has 3 aromatic heterocycles. The topological polar surface area (TPSA) is 118 Å². The van der Waals surface area contributed by atoms with Crippen molar-refractivity contribution in [1.29, 1.82) is 0 Å². The second-order valence-corrected chi connectivity index (χ2v) is 10.7. The summed E-state index contributed by atoms with van der Waals surface area (Å²) in [6, 6.07) is 2.57. The number of H-pyrrole nitrogens is 1. The Morgan fingerprint density at radius 2 is 1.97 bits per heavy atom. The van der Waals surface area contributed by atoms with Crippen LogP contribution in [0.15, 0.2) is 17.1 Å². The quantitative estimate of drug-likeness (QED) is 0.539. The lowest BCUT2D eigenvalue weighted by molar-refractivity contribution is -0.127. The summed E-state index contributed by atoms with van der Waals surface area (Å²) in [5, 5.41) is 12.5. The number of anilines is 2. The lowest BCUT2D eigenvalue weighted by Crippen LogP contribution is -2.41. The predicted molar refractivity (Wildman–Crippen MR) is 135 cm³/mol. The average molecular weight is 479 g/mol. The zero-order chi connectivity index (χ0) is 24.4. The van der Waals surface area contributed by atoms with Crippen molar-refractivity contribution >= 4 is 28.4 Å². The molecule has 10 nitrogen and oxygen atoms in total. The van der Waals surface area contributed by atoms with E-state index in [0.29, 0.717) is 29.3 Å². The Hall–Kier alpha value is -3.30. The van der Waals surface area contributed by atoms with Crippen LogP contribution in [0.4, 0.5) is 11.6 Å². The highest BCUT2D eigenvalue weighted by Crippen LogP contribution is 2.52. The molecule has 0 unspecified atom stereocenters. The third kappa shape index (κ3) is 3.79. The minimum Gasteiger partial charge on any atom is -0.382 e. The molecule has 4 heterocycles. The van der Waals surface area contributed by atoms with Gasteiger partial charge in [0, 0.05) is 64.0 Å². The molecule has 0 aromatic carbocycles. The van der Waals surface area contributed by atoms with Gasteiger partial charge >= 0.3 is 0 Å². The van der Waals surface area contributed by atoms with Gasteiger partial charge in [-0.3, -0.25) is 19.4 Å². The monoisotopic (exact) mass is 478 g/mol. The molecule has 3 aromatic rings. The largest absolute Gasteiger partial charge is 0.382 e. The number of nitrogens with zero attached hydrogens (tertiary/aromatic N) is 6. The fraction of sp³-hybridized carbons (Fsp3) is 0.600. The van der Waals surface area contributed by atoms with E-state index in [4.69, 9.17) is 10.8 Å². The van der Waals surface area contributed by atoms with Crippen LogP contribution in [0, 0.1) is 11.8 Å². The van der Waals surface area contributed by atoms with Gasteiger partial charge in [0.15, 0.2) is 5.82 Å². The maximum Gasteiger partial charge on any atom is 0.264 e. The summed E-state index contributed by atoms with van der Waals surface area (Å²) in [5.74, 6) is 2.47. The van der Waals surface area contributed by atoms with Gasteiger partial charge in [0.25, 0.3) is 5.56 Å². The van der Waals surface area contributed by atoms with E-state index < -0.39 is 0 Å². The van der Waals surface area contributed by atoms with Crippen molar-refractivity contribution in [1.82, 2.24) is 29.4 Å². The molecule has 2 saturated carbocycles.